The summed E-state index contributed by atoms with van der Waals surface area (Å²) in [4.78, 5) is 19.2. The van der Waals surface area contributed by atoms with Crippen molar-refractivity contribution in [3.8, 4) is 16.9 Å². The summed E-state index contributed by atoms with van der Waals surface area (Å²) < 4.78 is 6.04. The fraction of sp³-hybridized carbons (Fsp3) is 0.429. The number of likely N-dealkylation sites (tertiary alicyclic amines) is 1. The highest BCUT2D eigenvalue weighted by atomic mass is 16.5. The lowest BCUT2D eigenvalue weighted by Crippen LogP contribution is -2.40. The minimum Gasteiger partial charge on any atom is -0.491 e. The average molecular weight is 351 g/mol. The van der Waals surface area contributed by atoms with E-state index in [1.165, 1.54) is 0 Å². The van der Waals surface area contributed by atoms with E-state index in [2.05, 4.69) is 22.2 Å². The minimum atomic E-state index is 0.0830. The van der Waals surface area contributed by atoms with Crippen LogP contribution in [0.25, 0.3) is 11.1 Å². The van der Waals surface area contributed by atoms with E-state index in [4.69, 9.17) is 4.74 Å². The SMILES string of the molecule is CN1CC[C@H]2CC(=O)Nc3cc(-c4cccnc4)ccc3OCC[C@H]2C1. The third-order valence-corrected chi connectivity index (χ3v) is 5.54. The van der Waals surface area contributed by atoms with Gasteiger partial charge in [-0.1, -0.05) is 12.1 Å². The number of pyridine rings is 1. The van der Waals surface area contributed by atoms with E-state index in [1.807, 2.05) is 36.5 Å². The molecule has 26 heavy (non-hydrogen) atoms. The second-order valence-electron chi connectivity index (χ2n) is 7.41. The van der Waals surface area contributed by atoms with E-state index in [0.717, 1.165) is 48.5 Å². The molecule has 1 saturated heterocycles. The maximum absolute atomic E-state index is 12.7. The van der Waals surface area contributed by atoms with Crippen LogP contribution in [0.5, 0.6) is 5.75 Å². The summed E-state index contributed by atoms with van der Waals surface area (Å²) in [6, 6.07) is 9.88. The molecule has 5 nitrogen and oxygen atoms in total. The van der Waals surface area contributed by atoms with Gasteiger partial charge in [-0.3, -0.25) is 9.78 Å². The molecule has 2 aliphatic heterocycles. The largest absolute Gasteiger partial charge is 0.491 e. The van der Waals surface area contributed by atoms with Crippen molar-refractivity contribution in [3.63, 3.8) is 0 Å². The molecular weight excluding hydrogens is 326 g/mol. The molecule has 1 N–H and O–H groups in total. The van der Waals surface area contributed by atoms with Gasteiger partial charge in [0.1, 0.15) is 5.75 Å². The van der Waals surface area contributed by atoms with Gasteiger partial charge in [-0.2, -0.15) is 0 Å². The van der Waals surface area contributed by atoms with Gasteiger partial charge in [0.15, 0.2) is 0 Å². The zero-order valence-electron chi connectivity index (χ0n) is 15.1. The molecular formula is C21H25N3O2. The Labute approximate surface area is 154 Å². The number of benzene rings is 1. The Morgan fingerprint density at radius 1 is 1.19 bits per heavy atom. The van der Waals surface area contributed by atoms with E-state index in [1.54, 1.807) is 6.20 Å². The molecule has 136 valence electrons. The number of hydrogen-bond donors (Lipinski definition) is 1. The van der Waals surface area contributed by atoms with Crippen LogP contribution in [0.1, 0.15) is 19.3 Å². The molecule has 3 heterocycles. The van der Waals surface area contributed by atoms with Crippen LogP contribution in [0.4, 0.5) is 5.69 Å². The molecule has 1 aromatic heterocycles. The Hall–Kier alpha value is -2.40. The van der Waals surface area contributed by atoms with Gasteiger partial charge in [0.05, 0.1) is 12.3 Å². The molecule has 5 heteroatoms. The van der Waals surface area contributed by atoms with Crippen LogP contribution < -0.4 is 10.1 Å². The maximum atomic E-state index is 12.7. The van der Waals surface area contributed by atoms with Crippen molar-refractivity contribution in [1.82, 2.24) is 9.88 Å². The lowest BCUT2D eigenvalue weighted by atomic mass is 9.81. The predicted molar refractivity (Wildman–Crippen MR) is 102 cm³/mol. The highest BCUT2D eigenvalue weighted by molar-refractivity contribution is 5.93. The number of hydrogen-bond acceptors (Lipinski definition) is 4. The van der Waals surface area contributed by atoms with Crippen molar-refractivity contribution in [3.05, 3.63) is 42.7 Å². The first-order valence-electron chi connectivity index (χ1n) is 9.34. The first-order chi connectivity index (χ1) is 12.7. The van der Waals surface area contributed by atoms with E-state index >= 15 is 0 Å². The van der Waals surface area contributed by atoms with Crippen LogP contribution >= 0.6 is 0 Å². The quantitative estimate of drug-likeness (QED) is 0.855. The van der Waals surface area contributed by atoms with Gasteiger partial charge >= 0.3 is 0 Å². The molecule has 2 atom stereocenters. The number of ether oxygens (including phenoxy) is 1. The number of carbonyl (C=O) groups excluding carboxylic acids is 1. The van der Waals surface area contributed by atoms with Crippen LogP contribution in [-0.2, 0) is 4.79 Å². The Kier molecular flexibility index (Phi) is 4.89. The van der Waals surface area contributed by atoms with Gasteiger partial charge in [0.2, 0.25) is 5.91 Å². The summed E-state index contributed by atoms with van der Waals surface area (Å²) in [5.74, 6) is 1.79. The van der Waals surface area contributed by atoms with Crippen molar-refractivity contribution in [2.75, 3.05) is 32.1 Å². The highest BCUT2D eigenvalue weighted by Crippen LogP contribution is 2.34. The number of nitrogens with zero attached hydrogens (tertiary/aromatic N) is 2. The van der Waals surface area contributed by atoms with E-state index in [-0.39, 0.29) is 5.91 Å². The topological polar surface area (TPSA) is 54.5 Å². The molecule has 0 spiro atoms. The Bertz CT molecular complexity index is 778. The van der Waals surface area contributed by atoms with E-state index in [9.17, 15) is 4.79 Å². The van der Waals surface area contributed by atoms with Crippen LogP contribution in [0.2, 0.25) is 0 Å². The summed E-state index contributed by atoms with van der Waals surface area (Å²) in [6.45, 7) is 2.80. The number of fused-ring (bicyclic) bond motifs is 2. The molecule has 1 aromatic carbocycles. The summed E-state index contributed by atoms with van der Waals surface area (Å²) in [5.41, 5.74) is 2.80. The normalized spacial score (nSPS) is 24.0. The molecule has 1 amide bonds. The fourth-order valence-corrected chi connectivity index (χ4v) is 4.08. The van der Waals surface area contributed by atoms with Crippen molar-refractivity contribution in [2.45, 2.75) is 19.3 Å². The highest BCUT2D eigenvalue weighted by Gasteiger charge is 2.30. The summed E-state index contributed by atoms with van der Waals surface area (Å²) in [7, 11) is 2.16. The van der Waals surface area contributed by atoms with Crippen LogP contribution in [-0.4, -0.2) is 42.5 Å². The Morgan fingerprint density at radius 3 is 2.96 bits per heavy atom. The fourth-order valence-electron chi connectivity index (χ4n) is 4.08. The van der Waals surface area contributed by atoms with Crippen molar-refractivity contribution in [2.24, 2.45) is 11.8 Å². The van der Waals surface area contributed by atoms with Gasteiger partial charge in [-0.05, 0) is 62.0 Å². The Balaban J connectivity index is 1.59. The van der Waals surface area contributed by atoms with Gasteiger partial charge in [0, 0.05) is 30.9 Å². The average Bonchev–Trinajstić information content (AvgIpc) is 2.65. The van der Waals surface area contributed by atoms with Crippen molar-refractivity contribution < 1.29 is 9.53 Å². The van der Waals surface area contributed by atoms with Crippen LogP contribution in [0, 0.1) is 11.8 Å². The van der Waals surface area contributed by atoms with Crippen molar-refractivity contribution >= 4 is 11.6 Å². The minimum absolute atomic E-state index is 0.0830. The van der Waals surface area contributed by atoms with Gasteiger partial charge in [-0.25, -0.2) is 0 Å². The summed E-state index contributed by atoms with van der Waals surface area (Å²) >= 11 is 0. The second kappa shape index (κ2) is 7.46. The molecule has 2 aliphatic rings. The van der Waals surface area contributed by atoms with Crippen molar-refractivity contribution in [1.29, 1.82) is 0 Å². The molecule has 0 unspecified atom stereocenters. The van der Waals surface area contributed by atoms with E-state index in [0.29, 0.717) is 24.9 Å². The zero-order chi connectivity index (χ0) is 17.9. The number of nitrogens with one attached hydrogen (secondary N) is 1. The molecule has 2 aromatic rings. The molecule has 4 rings (SSSR count). The van der Waals surface area contributed by atoms with Crippen LogP contribution in [0.15, 0.2) is 42.7 Å². The first kappa shape index (κ1) is 17.0. The van der Waals surface area contributed by atoms with Gasteiger partial charge < -0.3 is 15.0 Å². The summed E-state index contributed by atoms with van der Waals surface area (Å²) in [6.07, 6.45) is 6.25. The molecule has 0 radical (unpaired) electrons. The number of rotatable bonds is 1. The monoisotopic (exact) mass is 351 g/mol. The lowest BCUT2D eigenvalue weighted by molar-refractivity contribution is -0.118. The molecule has 0 aliphatic carbocycles. The first-order valence-corrected chi connectivity index (χ1v) is 9.34. The van der Waals surface area contributed by atoms with Crippen LogP contribution in [0.3, 0.4) is 0 Å². The smallest absolute Gasteiger partial charge is 0.224 e. The lowest BCUT2D eigenvalue weighted by Gasteiger charge is -2.37. The standard InChI is InChI=1S/C21H25N3O2/c1-24-9-6-16-12-21(25)23-19-11-15(17-3-2-8-22-13-17)4-5-20(19)26-10-7-18(16)14-24/h2-5,8,11,13,16,18H,6-7,9-10,12,14H2,1H3,(H,23,25)/t16-,18-/m0/s1. The number of anilines is 1. The number of carbonyl (C=O) groups is 1. The third kappa shape index (κ3) is 3.73. The summed E-state index contributed by atoms with van der Waals surface area (Å²) in [5, 5.41) is 3.09. The maximum Gasteiger partial charge on any atom is 0.224 e. The van der Waals surface area contributed by atoms with E-state index < -0.39 is 0 Å². The predicted octanol–water partition coefficient (Wildman–Crippen LogP) is 3.43. The number of amides is 1. The second-order valence-corrected chi connectivity index (χ2v) is 7.41. The third-order valence-electron chi connectivity index (χ3n) is 5.54. The molecule has 0 bridgehead atoms. The number of piperidine rings is 1. The van der Waals surface area contributed by atoms with Gasteiger partial charge in [-0.15, -0.1) is 0 Å². The molecule has 1 fully saturated rings. The number of aromatic nitrogens is 1. The van der Waals surface area contributed by atoms with Gasteiger partial charge in [0.25, 0.3) is 0 Å². The zero-order valence-corrected chi connectivity index (χ0v) is 15.1. The molecule has 0 saturated carbocycles. The Morgan fingerprint density at radius 2 is 2.12 bits per heavy atom.